The number of para-hydroxylation sites is 2. The lowest BCUT2D eigenvalue weighted by Crippen LogP contribution is -2.54. The molecule has 19 heteroatoms. The third-order valence-electron chi connectivity index (χ3n) is 14.3. The highest BCUT2D eigenvalue weighted by molar-refractivity contribution is 6.50. The number of nitrogens with one attached hydrogen (secondary N) is 3. The maximum absolute atomic E-state index is 15.5. The molecule has 1 unspecified atom stereocenters. The standard InChI is InChI=1S/C49H48FN11O7/c50-34-23-31-32(48(68)61(47(31)67)37-9-10-39(62)53-44(37)64)24-38(34)58-17-15-57(16-18-58)26-28-11-13-56(14-12-28)27-40(63)59-19-21-60(22-20-59)49-52-36-8-4-2-6-30(36)43(54-49)42-41(45(65)55-46(42)66)33-25-51-35-7-3-1-5-29(33)35/h1-8,23-25,28,37,51H,9-22,26-27H2,(H,53,62,64)(H,55,65,66). The van der Waals surface area contributed by atoms with Crippen molar-refractivity contribution in [1.29, 1.82) is 0 Å². The fraction of sp³-hybridized carbons (Fsp3) is 0.367. The molecular weight excluding hydrogens is 874 g/mol. The van der Waals surface area contributed by atoms with Gasteiger partial charge in [0, 0.05) is 93.4 Å². The molecule has 7 amide bonds. The van der Waals surface area contributed by atoms with E-state index in [0.29, 0.717) is 92.9 Å². The van der Waals surface area contributed by atoms with Gasteiger partial charge in [0.05, 0.1) is 45.7 Å². The number of hydrogen-bond acceptors (Lipinski definition) is 13. The molecule has 0 bridgehead atoms. The van der Waals surface area contributed by atoms with E-state index in [1.54, 1.807) is 6.20 Å². The molecule has 0 aliphatic carbocycles. The number of carbonyl (C=O) groups excluding carboxylic acids is 7. The number of likely N-dealkylation sites (tertiary alicyclic amines) is 1. The fourth-order valence-electron chi connectivity index (χ4n) is 10.6. The summed E-state index contributed by atoms with van der Waals surface area (Å²) < 4.78 is 15.5. The van der Waals surface area contributed by atoms with Gasteiger partial charge >= 0.3 is 0 Å². The van der Waals surface area contributed by atoms with Crippen LogP contribution in [-0.2, 0) is 24.0 Å². The fourth-order valence-corrected chi connectivity index (χ4v) is 10.6. The molecule has 348 valence electrons. The molecule has 8 heterocycles. The number of amides is 7. The normalized spacial score (nSPS) is 21.2. The van der Waals surface area contributed by atoms with E-state index in [0.717, 1.165) is 54.3 Å². The van der Waals surface area contributed by atoms with Gasteiger partial charge in [-0.25, -0.2) is 14.4 Å². The number of hydrogen-bond donors (Lipinski definition) is 3. The zero-order valence-corrected chi connectivity index (χ0v) is 37.1. The molecule has 6 aliphatic rings. The molecule has 11 rings (SSSR count). The number of carbonyl (C=O) groups is 7. The molecule has 1 atom stereocenters. The van der Waals surface area contributed by atoms with Gasteiger partial charge in [0.25, 0.3) is 23.6 Å². The maximum Gasteiger partial charge on any atom is 0.262 e. The van der Waals surface area contributed by atoms with Crippen LogP contribution in [0, 0.1) is 11.7 Å². The molecule has 4 saturated heterocycles. The van der Waals surface area contributed by atoms with Crippen molar-refractivity contribution in [2.75, 3.05) is 88.3 Å². The van der Waals surface area contributed by atoms with Crippen molar-refractivity contribution in [1.82, 2.24) is 45.2 Å². The Kier molecular flexibility index (Phi) is 11.0. The number of H-pyrrole nitrogens is 1. The number of fused-ring (bicyclic) bond motifs is 3. The molecule has 18 nitrogen and oxygen atoms in total. The van der Waals surface area contributed by atoms with Gasteiger partial charge in [0.1, 0.15) is 11.9 Å². The highest BCUT2D eigenvalue weighted by atomic mass is 19.1. The average molecular weight is 922 g/mol. The number of rotatable bonds is 9. The van der Waals surface area contributed by atoms with Gasteiger partial charge in [-0.15, -0.1) is 0 Å². The maximum atomic E-state index is 15.5. The first-order chi connectivity index (χ1) is 33.0. The van der Waals surface area contributed by atoms with Crippen molar-refractivity contribution in [2.45, 2.75) is 31.7 Å². The van der Waals surface area contributed by atoms with Gasteiger partial charge in [0.2, 0.25) is 23.7 Å². The number of halogens is 1. The van der Waals surface area contributed by atoms with Crippen molar-refractivity contribution in [3.8, 4) is 0 Å². The topological polar surface area (TPSA) is 205 Å². The molecular formula is C49H48FN11O7. The first kappa shape index (κ1) is 43.2. The molecule has 3 N–H and O–H groups in total. The van der Waals surface area contributed by atoms with Crippen molar-refractivity contribution >= 4 is 85.9 Å². The predicted octanol–water partition coefficient (Wildman–Crippen LogP) is 2.40. The Morgan fingerprint density at radius 2 is 1.35 bits per heavy atom. The van der Waals surface area contributed by atoms with E-state index in [1.165, 1.54) is 6.07 Å². The molecule has 5 aromatic rings. The smallest absolute Gasteiger partial charge is 0.262 e. The first-order valence-corrected chi connectivity index (χ1v) is 23.2. The molecule has 4 fully saturated rings. The van der Waals surface area contributed by atoms with Crippen molar-refractivity contribution in [3.05, 3.63) is 95.1 Å². The molecule has 6 aliphatic heterocycles. The molecule has 3 aromatic carbocycles. The molecule has 2 aromatic heterocycles. The van der Waals surface area contributed by atoms with Crippen LogP contribution in [0.3, 0.4) is 0 Å². The lowest BCUT2D eigenvalue weighted by molar-refractivity contribution is -0.136. The summed E-state index contributed by atoms with van der Waals surface area (Å²) in [7, 11) is 0. The molecule has 0 saturated carbocycles. The summed E-state index contributed by atoms with van der Waals surface area (Å²) in [5, 5.41) is 6.15. The van der Waals surface area contributed by atoms with E-state index in [-0.39, 0.29) is 46.7 Å². The molecule has 0 radical (unpaired) electrons. The molecule has 68 heavy (non-hydrogen) atoms. The van der Waals surface area contributed by atoms with E-state index < -0.39 is 47.3 Å². The Labute approximate surface area is 389 Å². The minimum atomic E-state index is -1.12. The third-order valence-corrected chi connectivity index (χ3v) is 14.3. The van der Waals surface area contributed by atoms with Crippen LogP contribution >= 0.6 is 0 Å². The summed E-state index contributed by atoms with van der Waals surface area (Å²) in [4.78, 5) is 116. The van der Waals surface area contributed by atoms with E-state index in [9.17, 15) is 33.6 Å². The third kappa shape index (κ3) is 7.74. The Morgan fingerprint density at radius 3 is 2.10 bits per heavy atom. The Morgan fingerprint density at radius 1 is 0.676 bits per heavy atom. The number of aromatic nitrogens is 3. The summed E-state index contributed by atoms with van der Waals surface area (Å²) in [5.74, 6) is -3.23. The van der Waals surface area contributed by atoms with E-state index in [1.807, 2.05) is 63.2 Å². The van der Waals surface area contributed by atoms with E-state index in [4.69, 9.17) is 9.97 Å². The lowest BCUT2D eigenvalue weighted by atomic mass is 9.96. The largest absolute Gasteiger partial charge is 0.367 e. The van der Waals surface area contributed by atoms with Crippen LogP contribution in [-0.4, -0.2) is 160 Å². The number of imide groups is 3. The monoisotopic (exact) mass is 921 g/mol. The minimum absolute atomic E-state index is 0.00485. The van der Waals surface area contributed by atoms with E-state index >= 15 is 4.39 Å². The first-order valence-electron chi connectivity index (χ1n) is 23.2. The van der Waals surface area contributed by atoms with Crippen LogP contribution in [0.25, 0.3) is 33.0 Å². The quantitative estimate of drug-likeness (QED) is 0.182. The van der Waals surface area contributed by atoms with Gasteiger partial charge in [-0.2, -0.15) is 0 Å². The second-order valence-corrected chi connectivity index (χ2v) is 18.3. The number of aromatic amines is 1. The van der Waals surface area contributed by atoms with Gasteiger partial charge in [-0.1, -0.05) is 36.4 Å². The Bertz CT molecular complexity index is 3000. The van der Waals surface area contributed by atoms with Gasteiger partial charge in [-0.05, 0) is 62.5 Å². The van der Waals surface area contributed by atoms with Gasteiger partial charge in [0.15, 0.2) is 0 Å². The van der Waals surface area contributed by atoms with Crippen LogP contribution in [0.4, 0.5) is 16.0 Å². The number of piperidine rings is 2. The summed E-state index contributed by atoms with van der Waals surface area (Å²) in [6.45, 7) is 7.26. The van der Waals surface area contributed by atoms with Crippen molar-refractivity contribution < 1.29 is 38.0 Å². The minimum Gasteiger partial charge on any atom is -0.367 e. The second-order valence-electron chi connectivity index (χ2n) is 18.3. The van der Waals surface area contributed by atoms with Crippen LogP contribution in [0.15, 0.2) is 66.9 Å². The van der Waals surface area contributed by atoms with Gasteiger partial charge in [-0.3, -0.25) is 58.9 Å². The van der Waals surface area contributed by atoms with Crippen LogP contribution in [0.5, 0.6) is 0 Å². The highest BCUT2D eigenvalue weighted by Gasteiger charge is 2.45. The highest BCUT2D eigenvalue weighted by Crippen LogP contribution is 2.38. The number of nitrogens with zero attached hydrogens (tertiary/aromatic N) is 8. The average Bonchev–Trinajstić information content (AvgIpc) is 3.98. The number of anilines is 2. The molecule has 0 spiro atoms. The Hall–Kier alpha value is -7.38. The lowest BCUT2D eigenvalue weighted by Gasteiger charge is -2.40. The van der Waals surface area contributed by atoms with Gasteiger partial charge < -0.3 is 19.7 Å². The number of piperazine rings is 2. The predicted molar refractivity (Wildman–Crippen MR) is 247 cm³/mol. The number of benzene rings is 3. The summed E-state index contributed by atoms with van der Waals surface area (Å²) in [5.41, 5.74) is 3.16. The zero-order chi connectivity index (χ0) is 46.8. The zero-order valence-electron chi connectivity index (χ0n) is 37.1. The Balaban J connectivity index is 0.673. The SMILES string of the molecule is O=C1CCC(N2C(=O)c3cc(F)c(N4CCN(CC5CCN(CC(=O)N6CCN(c7nc(C8=C(c9c[nH]c%10ccccc9%10)C(=O)NC8=O)c8ccccc8n7)CC6)CC5)CC4)cc3C2=O)C(=O)N1. The van der Waals surface area contributed by atoms with Crippen LogP contribution in [0.2, 0.25) is 0 Å². The summed E-state index contributed by atoms with van der Waals surface area (Å²) >= 11 is 0. The van der Waals surface area contributed by atoms with Crippen LogP contribution in [0.1, 0.15) is 57.7 Å². The van der Waals surface area contributed by atoms with Crippen LogP contribution < -0.4 is 20.4 Å². The summed E-state index contributed by atoms with van der Waals surface area (Å²) in [6.07, 6.45) is 3.68. The van der Waals surface area contributed by atoms with Crippen molar-refractivity contribution in [3.63, 3.8) is 0 Å². The summed E-state index contributed by atoms with van der Waals surface area (Å²) in [6, 6.07) is 16.5. The van der Waals surface area contributed by atoms with E-state index in [2.05, 4.69) is 25.4 Å². The van der Waals surface area contributed by atoms with Crippen molar-refractivity contribution in [2.24, 2.45) is 5.92 Å². The second kappa shape index (κ2) is 17.4.